The van der Waals surface area contributed by atoms with Crippen molar-refractivity contribution in [3.63, 3.8) is 0 Å². The zero-order valence-corrected chi connectivity index (χ0v) is 11.0. The minimum Gasteiger partial charge on any atom is -0.497 e. The molecule has 2 heterocycles. The van der Waals surface area contributed by atoms with Gasteiger partial charge in [0.2, 0.25) is 0 Å². The maximum atomic E-state index is 5.69. The molecule has 18 heavy (non-hydrogen) atoms. The summed E-state index contributed by atoms with van der Waals surface area (Å²) in [6.45, 7) is 0. The Morgan fingerprint density at radius 1 is 1.39 bits per heavy atom. The van der Waals surface area contributed by atoms with Gasteiger partial charge in [-0.15, -0.1) is 11.3 Å². The Labute approximate surface area is 109 Å². The molecule has 0 aliphatic carbocycles. The molecule has 92 valence electrons. The Morgan fingerprint density at radius 3 is 2.89 bits per heavy atom. The number of rotatable bonds is 2. The second-order valence-corrected chi connectivity index (χ2v) is 5.00. The Hall–Kier alpha value is -2.01. The summed E-state index contributed by atoms with van der Waals surface area (Å²) < 4.78 is 7.32. The molecule has 1 aromatic carbocycles. The van der Waals surface area contributed by atoms with Crippen molar-refractivity contribution in [3.8, 4) is 17.0 Å². The van der Waals surface area contributed by atoms with Crippen LogP contribution in [0.25, 0.3) is 22.2 Å². The number of nitrogens with zero attached hydrogens (tertiary/aromatic N) is 2. The van der Waals surface area contributed by atoms with Crippen LogP contribution in [0.4, 0.5) is 5.13 Å². The molecule has 0 bridgehead atoms. The van der Waals surface area contributed by atoms with Gasteiger partial charge in [-0.3, -0.25) is 0 Å². The average molecular weight is 259 g/mol. The molecular formula is C13H13N3OS. The van der Waals surface area contributed by atoms with Crippen molar-refractivity contribution in [1.29, 1.82) is 0 Å². The second kappa shape index (κ2) is 4.03. The van der Waals surface area contributed by atoms with Crippen molar-refractivity contribution in [2.24, 2.45) is 7.05 Å². The highest BCUT2D eigenvalue weighted by Gasteiger charge is 2.11. The van der Waals surface area contributed by atoms with Crippen LogP contribution in [0.3, 0.4) is 0 Å². The summed E-state index contributed by atoms with van der Waals surface area (Å²) in [7, 11) is 3.69. The molecule has 4 nitrogen and oxygen atoms in total. The maximum absolute atomic E-state index is 5.69. The highest BCUT2D eigenvalue weighted by Crippen LogP contribution is 2.33. The fourth-order valence-electron chi connectivity index (χ4n) is 2.11. The molecular weight excluding hydrogens is 246 g/mol. The molecule has 0 radical (unpaired) electrons. The maximum Gasteiger partial charge on any atom is 0.180 e. The van der Waals surface area contributed by atoms with E-state index in [0.29, 0.717) is 5.13 Å². The topological polar surface area (TPSA) is 53.1 Å². The molecule has 3 aromatic rings. The number of ether oxygens (including phenoxy) is 1. The zero-order valence-electron chi connectivity index (χ0n) is 10.2. The standard InChI is InChI=1S/C13H13N3OS/c1-16-6-10(11-7-18-13(14)15-11)9-4-3-8(17-2)5-12(9)16/h3-7H,1-2H3,(H2,14,15). The summed E-state index contributed by atoms with van der Waals surface area (Å²) in [4.78, 5) is 4.34. The molecule has 0 unspecified atom stereocenters. The summed E-state index contributed by atoms with van der Waals surface area (Å²) in [6.07, 6.45) is 2.07. The Morgan fingerprint density at radius 2 is 2.22 bits per heavy atom. The molecule has 0 atom stereocenters. The van der Waals surface area contributed by atoms with Crippen LogP contribution < -0.4 is 10.5 Å². The summed E-state index contributed by atoms with van der Waals surface area (Å²) >= 11 is 1.46. The fourth-order valence-corrected chi connectivity index (χ4v) is 2.67. The smallest absolute Gasteiger partial charge is 0.180 e. The normalized spacial score (nSPS) is 11.0. The van der Waals surface area contributed by atoms with Gasteiger partial charge in [0.05, 0.1) is 18.3 Å². The number of aryl methyl sites for hydroxylation is 1. The van der Waals surface area contributed by atoms with Gasteiger partial charge in [-0.05, 0) is 12.1 Å². The van der Waals surface area contributed by atoms with E-state index in [9.17, 15) is 0 Å². The number of thiazole rings is 1. The summed E-state index contributed by atoms with van der Waals surface area (Å²) in [5.74, 6) is 0.855. The first kappa shape index (κ1) is 11.1. The molecule has 0 fully saturated rings. The van der Waals surface area contributed by atoms with E-state index < -0.39 is 0 Å². The SMILES string of the molecule is COc1ccc2c(-c3csc(N)n3)cn(C)c2c1. The number of hydrogen-bond acceptors (Lipinski definition) is 4. The number of anilines is 1. The lowest BCUT2D eigenvalue weighted by atomic mass is 10.1. The molecule has 5 heteroatoms. The molecule has 0 amide bonds. The van der Waals surface area contributed by atoms with E-state index >= 15 is 0 Å². The van der Waals surface area contributed by atoms with Crippen LogP contribution in [-0.4, -0.2) is 16.7 Å². The Balaban J connectivity index is 2.25. The number of benzene rings is 1. The molecule has 0 spiro atoms. The minimum absolute atomic E-state index is 0.593. The lowest BCUT2D eigenvalue weighted by Gasteiger charge is -2.01. The van der Waals surface area contributed by atoms with Crippen LogP contribution in [0.2, 0.25) is 0 Å². The second-order valence-electron chi connectivity index (χ2n) is 4.11. The van der Waals surface area contributed by atoms with Crippen LogP contribution in [0.1, 0.15) is 0 Å². The number of hydrogen-bond donors (Lipinski definition) is 1. The molecule has 3 rings (SSSR count). The number of fused-ring (bicyclic) bond motifs is 1. The lowest BCUT2D eigenvalue weighted by Crippen LogP contribution is -1.86. The van der Waals surface area contributed by atoms with Crippen molar-refractivity contribution in [2.45, 2.75) is 0 Å². The van der Waals surface area contributed by atoms with Gasteiger partial charge in [-0.1, -0.05) is 0 Å². The number of methoxy groups -OCH3 is 1. The van der Waals surface area contributed by atoms with E-state index in [4.69, 9.17) is 10.5 Å². The van der Waals surface area contributed by atoms with E-state index in [0.717, 1.165) is 27.9 Å². The van der Waals surface area contributed by atoms with Gasteiger partial charge >= 0.3 is 0 Å². The first-order valence-electron chi connectivity index (χ1n) is 5.53. The minimum atomic E-state index is 0.593. The summed E-state index contributed by atoms with van der Waals surface area (Å²) in [6, 6.07) is 6.04. The number of aromatic nitrogens is 2. The van der Waals surface area contributed by atoms with E-state index in [1.165, 1.54) is 11.3 Å². The zero-order chi connectivity index (χ0) is 12.7. The monoisotopic (exact) mass is 259 g/mol. The van der Waals surface area contributed by atoms with Crippen LogP contribution in [-0.2, 0) is 7.05 Å². The summed E-state index contributed by atoms with van der Waals surface area (Å²) in [5, 5.41) is 3.73. The molecule has 2 aromatic heterocycles. The first-order chi connectivity index (χ1) is 8.69. The highest BCUT2D eigenvalue weighted by molar-refractivity contribution is 7.13. The molecule has 0 aliphatic rings. The summed E-state index contributed by atoms with van der Waals surface area (Å²) in [5.41, 5.74) is 8.84. The fraction of sp³-hybridized carbons (Fsp3) is 0.154. The first-order valence-corrected chi connectivity index (χ1v) is 6.41. The van der Waals surface area contributed by atoms with E-state index in [1.807, 2.05) is 24.6 Å². The Kier molecular flexibility index (Phi) is 2.48. The average Bonchev–Trinajstić information content (AvgIpc) is 2.94. The van der Waals surface area contributed by atoms with Gasteiger partial charge in [0.25, 0.3) is 0 Å². The van der Waals surface area contributed by atoms with Crippen molar-refractivity contribution < 1.29 is 4.74 Å². The van der Waals surface area contributed by atoms with Crippen molar-refractivity contribution >= 4 is 27.4 Å². The van der Waals surface area contributed by atoms with Gasteiger partial charge in [-0.2, -0.15) is 0 Å². The van der Waals surface area contributed by atoms with Crippen LogP contribution >= 0.6 is 11.3 Å². The molecule has 0 saturated carbocycles. The van der Waals surface area contributed by atoms with Gasteiger partial charge < -0.3 is 15.0 Å². The lowest BCUT2D eigenvalue weighted by molar-refractivity contribution is 0.415. The van der Waals surface area contributed by atoms with Crippen molar-refractivity contribution in [2.75, 3.05) is 12.8 Å². The predicted octanol–water partition coefficient (Wildman–Crippen LogP) is 2.89. The quantitative estimate of drug-likeness (QED) is 0.770. The Bertz CT molecular complexity index is 714. The van der Waals surface area contributed by atoms with E-state index in [2.05, 4.69) is 21.8 Å². The van der Waals surface area contributed by atoms with Crippen LogP contribution in [0, 0.1) is 0 Å². The molecule has 2 N–H and O–H groups in total. The van der Waals surface area contributed by atoms with Gasteiger partial charge in [0.1, 0.15) is 5.75 Å². The van der Waals surface area contributed by atoms with Gasteiger partial charge in [-0.25, -0.2) is 4.98 Å². The molecule has 0 aliphatic heterocycles. The third kappa shape index (κ3) is 1.64. The predicted molar refractivity (Wildman–Crippen MR) is 75.0 cm³/mol. The largest absolute Gasteiger partial charge is 0.497 e. The van der Waals surface area contributed by atoms with Gasteiger partial charge in [0, 0.05) is 35.6 Å². The van der Waals surface area contributed by atoms with Crippen LogP contribution in [0.5, 0.6) is 5.75 Å². The van der Waals surface area contributed by atoms with E-state index in [-0.39, 0.29) is 0 Å². The highest BCUT2D eigenvalue weighted by atomic mass is 32.1. The van der Waals surface area contributed by atoms with Crippen molar-refractivity contribution in [1.82, 2.24) is 9.55 Å². The molecule has 0 saturated heterocycles. The van der Waals surface area contributed by atoms with Gasteiger partial charge in [0.15, 0.2) is 5.13 Å². The number of nitrogen functional groups attached to an aromatic ring is 1. The van der Waals surface area contributed by atoms with E-state index in [1.54, 1.807) is 7.11 Å². The number of nitrogens with two attached hydrogens (primary N) is 1. The van der Waals surface area contributed by atoms with Crippen LogP contribution in [0.15, 0.2) is 29.8 Å². The third-order valence-electron chi connectivity index (χ3n) is 3.00. The third-order valence-corrected chi connectivity index (χ3v) is 3.67. The van der Waals surface area contributed by atoms with Crippen molar-refractivity contribution in [3.05, 3.63) is 29.8 Å².